The highest BCUT2D eigenvalue weighted by atomic mass is 35.5. The quantitative estimate of drug-likeness (QED) is 0.197. The van der Waals surface area contributed by atoms with Gasteiger partial charge in [0.25, 0.3) is 10.0 Å². The van der Waals surface area contributed by atoms with Crippen molar-refractivity contribution in [1.29, 1.82) is 0 Å². The first-order valence-electron chi connectivity index (χ1n) is 12.5. The summed E-state index contributed by atoms with van der Waals surface area (Å²) in [5.74, 6) is -0.0953. The first kappa shape index (κ1) is 28.9. The topological polar surface area (TPSA) is 89.0 Å². The highest BCUT2D eigenvalue weighted by Crippen LogP contribution is 2.42. The summed E-state index contributed by atoms with van der Waals surface area (Å²) in [6, 6.07) is 9.61. The van der Waals surface area contributed by atoms with Gasteiger partial charge in [-0.05, 0) is 62.1 Å². The van der Waals surface area contributed by atoms with Crippen LogP contribution in [-0.2, 0) is 16.4 Å². The molecule has 2 heterocycles. The first-order valence-corrected chi connectivity index (χ1v) is 15.1. The Balaban J connectivity index is 1.81. The zero-order valence-corrected chi connectivity index (χ0v) is 24.3. The van der Waals surface area contributed by atoms with Crippen molar-refractivity contribution in [3.05, 3.63) is 75.7 Å². The molecule has 0 radical (unpaired) electrons. The van der Waals surface area contributed by atoms with Gasteiger partial charge in [-0.15, -0.1) is 0 Å². The molecule has 208 valence electrons. The van der Waals surface area contributed by atoms with E-state index in [0.717, 1.165) is 0 Å². The van der Waals surface area contributed by atoms with Crippen molar-refractivity contribution >= 4 is 50.3 Å². The van der Waals surface area contributed by atoms with E-state index in [9.17, 15) is 17.9 Å². The fourth-order valence-corrected chi connectivity index (χ4v) is 7.38. The second-order valence-electron chi connectivity index (χ2n) is 9.02. The summed E-state index contributed by atoms with van der Waals surface area (Å²) in [6.45, 7) is 9.23. The maximum atomic E-state index is 14.5. The summed E-state index contributed by atoms with van der Waals surface area (Å²) >= 11 is 7.46. The number of ether oxygens (including phenoxy) is 2. The van der Waals surface area contributed by atoms with Crippen molar-refractivity contribution in [2.75, 3.05) is 17.5 Å². The maximum Gasteiger partial charge on any atom is 0.286 e. The Labute approximate surface area is 237 Å². The molecule has 2 aromatic carbocycles. The van der Waals surface area contributed by atoms with Gasteiger partial charge in [-0.25, -0.2) is 9.37 Å². The third kappa shape index (κ3) is 6.23. The zero-order valence-electron chi connectivity index (χ0n) is 21.9. The number of hydrogen-bond acceptors (Lipinski definition) is 7. The second-order valence-corrected chi connectivity index (χ2v) is 12.2. The SMILES string of the molecule is C=C(O)CC[C@H]1CN(S(=O)(=O)c2nc(CC)sc2OCC)c2cc(/C=C(\C)c3c(F)cccc3Cl)ccc2O1. The van der Waals surface area contributed by atoms with E-state index in [1.54, 1.807) is 44.2 Å². The van der Waals surface area contributed by atoms with Crippen molar-refractivity contribution in [1.82, 2.24) is 4.98 Å². The van der Waals surface area contributed by atoms with Gasteiger partial charge >= 0.3 is 0 Å². The summed E-state index contributed by atoms with van der Waals surface area (Å²) in [4.78, 5) is 4.40. The summed E-state index contributed by atoms with van der Waals surface area (Å²) in [6.07, 6.45) is 2.40. The van der Waals surface area contributed by atoms with Gasteiger partial charge in [-0.2, -0.15) is 8.42 Å². The number of aryl methyl sites for hydroxylation is 1. The lowest BCUT2D eigenvalue weighted by Gasteiger charge is -2.35. The number of halogens is 2. The van der Waals surface area contributed by atoms with Crippen molar-refractivity contribution in [3.63, 3.8) is 0 Å². The number of allylic oxidation sites excluding steroid dienone is 2. The van der Waals surface area contributed by atoms with E-state index in [1.807, 2.05) is 6.92 Å². The smallest absolute Gasteiger partial charge is 0.286 e. The fraction of sp³-hybridized carbons (Fsp3) is 0.321. The number of anilines is 1. The minimum Gasteiger partial charge on any atom is -0.513 e. The molecule has 4 rings (SSSR count). The van der Waals surface area contributed by atoms with E-state index in [2.05, 4.69) is 11.6 Å². The third-order valence-corrected chi connectivity index (χ3v) is 9.38. The Morgan fingerprint density at radius 3 is 2.79 bits per heavy atom. The number of thiazole rings is 1. The van der Waals surface area contributed by atoms with Gasteiger partial charge < -0.3 is 14.6 Å². The largest absolute Gasteiger partial charge is 0.513 e. The molecule has 39 heavy (non-hydrogen) atoms. The molecule has 1 aromatic heterocycles. The molecule has 0 unspecified atom stereocenters. The number of rotatable bonds is 10. The Hall–Kier alpha value is -3.08. The van der Waals surface area contributed by atoms with Crippen LogP contribution >= 0.6 is 22.9 Å². The number of aromatic nitrogens is 1. The van der Waals surface area contributed by atoms with Crippen LogP contribution in [0.15, 0.2) is 53.8 Å². The third-order valence-electron chi connectivity index (χ3n) is 6.13. The van der Waals surface area contributed by atoms with Crippen molar-refractivity contribution < 1.29 is 27.4 Å². The molecular formula is C28H30ClFN2O5S2. The highest BCUT2D eigenvalue weighted by Gasteiger charge is 2.38. The molecule has 0 amide bonds. The Kier molecular flexibility index (Phi) is 8.88. The predicted octanol–water partition coefficient (Wildman–Crippen LogP) is 7.27. The molecule has 0 aliphatic carbocycles. The fourth-order valence-electron chi connectivity index (χ4n) is 4.29. The molecular weight excluding hydrogens is 563 g/mol. The summed E-state index contributed by atoms with van der Waals surface area (Å²) in [7, 11) is -4.16. The average Bonchev–Trinajstić information content (AvgIpc) is 3.31. The molecule has 1 aliphatic heterocycles. The van der Waals surface area contributed by atoms with E-state index in [0.29, 0.717) is 47.0 Å². The molecule has 0 fully saturated rings. The van der Waals surface area contributed by atoms with Gasteiger partial charge in [0, 0.05) is 12.0 Å². The standard InChI is InChI=1S/C28H30ClFN2O5S2/c1-5-25-31-27(28(38-25)36-6-2)39(34,35)32-16-20(12-10-18(4)33)37-24-13-11-19(15-23(24)32)14-17(3)26-21(29)8-7-9-22(26)30/h7-9,11,13-15,20,33H,4-6,10,12,16H2,1-3H3/b17-14+/t20-/m0/s1. The number of sulfonamides is 1. The van der Waals surface area contributed by atoms with E-state index in [1.165, 1.54) is 27.8 Å². The van der Waals surface area contributed by atoms with Crippen LogP contribution in [0.1, 0.15) is 49.7 Å². The van der Waals surface area contributed by atoms with E-state index in [4.69, 9.17) is 21.1 Å². The van der Waals surface area contributed by atoms with Crippen LogP contribution in [0.3, 0.4) is 0 Å². The van der Waals surface area contributed by atoms with Crippen LogP contribution in [0.2, 0.25) is 5.02 Å². The minimum atomic E-state index is -4.16. The summed E-state index contributed by atoms with van der Waals surface area (Å²) in [5.41, 5.74) is 1.81. The molecule has 0 bridgehead atoms. The van der Waals surface area contributed by atoms with Crippen molar-refractivity contribution in [2.45, 2.75) is 51.2 Å². The summed E-state index contributed by atoms with van der Waals surface area (Å²) in [5, 5.41) is 10.6. The second kappa shape index (κ2) is 12.0. The lowest BCUT2D eigenvalue weighted by Crippen LogP contribution is -2.43. The molecule has 1 aliphatic rings. The van der Waals surface area contributed by atoms with Gasteiger partial charge in [0.05, 0.1) is 34.6 Å². The van der Waals surface area contributed by atoms with Gasteiger partial charge in [0.2, 0.25) is 10.1 Å². The molecule has 11 heteroatoms. The van der Waals surface area contributed by atoms with Crippen molar-refractivity contribution in [3.8, 4) is 10.8 Å². The number of nitrogens with zero attached hydrogens (tertiary/aromatic N) is 2. The monoisotopic (exact) mass is 592 g/mol. The molecule has 0 saturated heterocycles. The lowest BCUT2D eigenvalue weighted by molar-refractivity contribution is 0.184. The number of aliphatic hydroxyl groups is 1. The first-order chi connectivity index (χ1) is 18.5. The van der Waals surface area contributed by atoms with Crippen LogP contribution in [0, 0.1) is 5.82 Å². The Morgan fingerprint density at radius 2 is 2.13 bits per heavy atom. The van der Waals surface area contributed by atoms with Crippen molar-refractivity contribution in [2.24, 2.45) is 0 Å². The van der Waals surface area contributed by atoms with Gasteiger partial charge in [-0.1, -0.05) is 54.6 Å². The van der Waals surface area contributed by atoms with Gasteiger partial charge in [0.15, 0.2) is 0 Å². The number of aliphatic hydroxyl groups excluding tert-OH is 1. The molecule has 0 saturated carbocycles. The van der Waals surface area contributed by atoms with E-state index < -0.39 is 21.9 Å². The molecule has 3 aromatic rings. The number of hydrogen-bond donors (Lipinski definition) is 1. The number of benzene rings is 2. The molecule has 7 nitrogen and oxygen atoms in total. The maximum absolute atomic E-state index is 14.5. The van der Waals surface area contributed by atoms with Crippen LogP contribution < -0.4 is 13.8 Å². The minimum absolute atomic E-state index is 0.00153. The van der Waals surface area contributed by atoms with Gasteiger partial charge in [-0.3, -0.25) is 4.31 Å². The van der Waals surface area contributed by atoms with Crippen LogP contribution in [-0.4, -0.2) is 37.8 Å². The lowest BCUT2D eigenvalue weighted by atomic mass is 10.0. The summed E-state index contributed by atoms with van der Waals surface area (Å²) < 4.78 is 55.7. The van der Waals surface area contributed by atoms with Gasteiger partial charge in [0.1, 0.15) is 17.7 Å². The Bertz CT molecular complexity index is 1500. The van der Waals surface area contributed by atoms with Crippen LogP contribution in [0.5, 0.6) is 10.8 Å². The average molecular weight is 593 g/mol. The van der Waals surface area contributed by atoms with Crippen LogP contribution in [0.25, 0.3) is 11.6 Å². The molecule has 1 atom stereocenters. The zero-order chi connectivity index (χ0) is 28.3. The van der Waals surface area contributed by atoms with E-state index >= 15 is 0 Å². The van der Waals surface area contributed by atoms with Crippen LogP contribution in [0.4, 0.5) is 10.1 Å². The molecule has 1 N–H and O–H groups in total. The predicted molar refractivity (Wildman–Crippen MR) is 154 cm³/mol. The van der Waals surface area contributed by atoms with E-state index in [-0.39, 0.29) is 39.4 Å². The Morgan fingerprint density at radius 1 is 1.36 bits per heavy atom. The normalized spacial score (nSPS) is 15.6. The highest BCUT2D eigenvalue weighted by molar-refractivity contribution is 7.93. The molecule has 0 spiro atoms. The number of fused-ring (bicyclic) bond motifs is 1.